The number of nitrogens with one attached hydrogen (secondary N) is 1. The molecule has 0 unspecified atom stereocenters. The molecule has 0 amide bonds. The van der Waals surface area contributed by atoms with Crippen molar-refractivity contribution in [3.63, 3.8) is 0 Å². The van der Waals surface area contributed by atoms with Crippen molar-refractivity contribution < 1.29 is 0 Å². The molecular weight excluding hydrogens is 198 g/mol. The van der Waals surface area contributed by atoms with Crippen LogP contribution >= 0.6 is 0 Å². The van der Waals surface area contributed by atoms with Crippen molar-refractivity contribution in [1.82, 2.24) is 10.2 Å². The van der Waals surface area contributed by atoms with Gasteiger partial charge in [0, 0.05) is 12.7 Å². The molecule has 1 fully saturated rings. The second-order valence-electron chi connectivity index (χ2n) is 4.99. The summed E-state index contributed by atoms with van der Waals surface area (Å²) >= 11 is 0. The molecule has 0 radical (unpaired) electrons. The summed E-state index contributed by atoms with van der Waals surface area (Å²) in [4.78, 5) is 2.19. The van der Waals surface area contributed by atoms with E-state index >= 15 is 0 Å². The summed E-state index contributed by atoms with van der Waals surface area (Å²) < 4.78 is 0. The van der Waals surface area contributed by atoms with Crippen LogP contribution in [0.15, 0.2) is 0 Å². The minimum Gasteiger partial charge on any atom is -0.318 e. The molecule has 0 aromatic rings. The summed E-state index contributed by atoms with van der Waals surface area (Å²) in [5.41, 5.74) is 6.12. The maximum atomic E-state index is 5.55. The van der Waals surface area contributed by atoms with Crippen molar-refractivity contribution in [3.8, 4) is 0 Å². The maximum Gasteiger partial charge on any atom is 0.0452 e. The molecule has 98 valence electrons. The Kier molecular flexibility index (Phi) is 7.98. The molecule has 0 aromatic carbocycles. The van der Waals surface area contributed by atoms with E-state index in [-0.39, 0.29) is 0 Å². The third-order valence-electron chi connectivity index (χ3n) is 3.38. The highest BCUT2D eigenvalue weighted by molar-refractivity contribution is 4.94. The molecule has 3 nitrogen and oxygen atoms in total. The van der Waals surface area contributed by atoms with Gasteiger partial charge in [-0.05, 0) is 44.8 Å². The zero-order valence-corrected chi connectivity index (χ0v) is 11.8. The summed E-state index contributed by atoms with van der Waals surface area (Å²) in [6, 6.07) is 0.771. The van der Waals surface area contributed by atoms with Gasteiger partial charge in [0.2, 0.25) is 0 Å². The van der Waals surface area contributed by atoms with Gasteiger partial charge in [-0.3, -0.25) is 4.90 Å². The largest absolute Gasteiger partial charge is 0.318 e. The van der Waals surface area contributed by atoms with Crippen molar-refractivity contribution in [2.24, 2.45) is 11.1 Å². The molecule has 0 atom stereocenters. The van der Waals surface area contributed by atoms with Crippen LogP contribution < -0.4 is 11.1 Å². The molecule has 1 aliphatic carbocycles. The van der Waals surface area contributed by atoms with Gasteiger partial charge >= 0.3 is 0 Å². The number of nitrogens with two attached hydrogens (primary N) is 1. The molecule has 0 spiro atoms. The lowest BCUT2D eigenvalue weighted by Gasteiger charge is -2.46. The first-order chi connectivity index (χ1) is 7.59. The molecule has 1 saturated carbocycles. The van der Waals surface area contributed by atoms with E-state index < -0.39 is 0 Å². The Bertz CT molecular complexity index is 165. The zero-order chi connectivity index (χ0) is 12.6. The van der Waals surface area contributed by atoms with Crippen LogP contribution in [0.5, 0.6) is 0 Å². The topological polar surface area (TPSA) is 41.3 Å². The Morgan fingerprint density at radius 1 is 1.38 bits per heavy atom. The molecule has 0 bridgehead atoms. The Labute approximate surface area is 102 Å². The van der Waals surface area contributed by atoms with Crippen LogP contribution in [0.2, 0.25) is 0 Å². The van der Waals surface area contributed by atoms with Crippen LogP contribution in [0.1, 0.15) is 47.0 Å². The first-order valence-corrected chi connectivity index (χ1v) is 6.71. The fourth-order valence-electron chi connectivity index (χ4n) is 2.32. The van der Waals surface area contributed by atoms with Gasteiger partial charge in [-0.2, -0.15) is 0 Å². The van der Waals surface area contributed by atoms with Crippen LogP contribution in [0.3, 0.4) is 0 Å². The van der Waals surface area contributed by atoms with Crippen LogP contribution in [-0.4, -0.2) is 37.7 Å². The SMILES string of the molecule is CC.CCNC1CC(C)(CCN(C)CN)C1. The quantitative estimate of drug-likeness (QED) is 0.685. The van der Waals surface area contributed by atoms with Crippen molar-refractivity contribution in [2.75, 3.05) is 26.8 Å². The average molecular weight is 229 g/mol. The maximum absolute atomic E-state index is 5.55. The number of rotatable bonds is 6. The van der Waals surface area contributed by atoms with E-state index in [1.54, 1.807) is 0 Å². The molecule has 1 aliphatic rings. The highest BCUT2D eigenvalue weighted by Gasteiger charge is 2.39. The van der Waals surface area contributed by atoms with Crippen molar-refractivity contribution in [1.29, 1.82) is 0 Å². The van der Waals surface area contributed by atoms with Gasteiger partial charge in [0.15, 0.2) is 0 Å². The van der Waals surface area contributed by atoms with Gasteiger partial charge in [0.25, 0.3) is 0 Å². The van der Waals surface area contributed by atoms with Crippen LogP contribution in [-0.2, 0) is 0 Å². The lowest BCUT2D eigenvalue weighted by atomic mass is 9.65. The first-order valence-electron chi connectivity index (χ1n) is 6.71. The molecule has 1 rings (SSSR count). The molecule has 16 heavy (non-hydrogen) atoms. The highest BCUT2D eigenvalue weighted by Crippen LogP contribution is 2.43. The van der Waals surface area contributed by atoms with Crippen molar-refractivity contribution in [3.05, 3.63) is 0 Å². The number of nitrogens with zero attached hydrogens (tertiary/aromatic N) is 1. The van der Waals surface area contributed by atoms with Gasteiger partial charge < -0.3 is 11.1 Å². The van der Waals surface area contributed by atoms with Gasteiger partial charge in [0.1, 0.15) is 0 Å². The summed E-state index contributed by atoms with van der Waals surface area (Å²) in [6.45, 7) is 11.5. The normalized spacial score (nSPS) is 28.3. The van der Waals surface area contributed by atoms with E-state index in [1.165, 1.54) is 19.3 Å². The molecule has 3 N–H and O–H groups in total. The Balaban J connectivity index is 0.00000106. The summed E-state index contributed by atoms with van der Waals surface area (Å²) in [5, 5.41) is 3.50. The minimum absolute atomic E-state index is 0.566. The number of hydrogen-bond acceptors (Lipinski definition) is 3. The summed E-state index contributed by atoms with van der Waals surface area (Å²) in [5.74, 6) is 0. The third-order valence-corrected chi connectivity index (χ3v) is 3.38. The van der Waals surface area contributed by atoms with Gasteiger partial charge in [-0.15, -0.1) is 0 Å². The van der Waals surface area contributed by atoms with E-state index in [4.69, 9.17) is 5.73 Å². The van der Waals surface area contributed by atoms with Crippen molar-refractivity contribution >= 4 is 0 Å². The fraction of sp³-hybridized carbons (Fsp3) is 1.00. The van der Waals surface area contributed by atoms with E-state index in [9.17, 15) is 0 Å². The molecule has 0 aliphatic heterocycles. The minimum atomic E-state index is 0.566. The molecular formula is C13H31N3. The summed E-state index contributed by atoms with van der Waals surface area (Å²) in [6.07, 6.45) is 3.95. The fourth-order valence-corrected chi connectivity index (χ4v) is 2.32. The van der Waals surface area contributed by atoms with Crippen molar-refractivity contribution in [2.45, 2.75) is 53.0 Å². The lowest BCUT2D eigenvalue weighted by molar-refractivity contribution is 0.0817. The van der Waals surface area contributed by atoms with Crippen LogP contribution in [0.4, 0.5) is 0 Å². The molecule has 0 saturated heterocycles. The molecule has 0 heterocycles. The van der Waals surface area contributed by atoms with E-state index in [0.717, 1.165) is 19.1 Å². The average Bonchev–Trinajstić information content (AvgIpc) is 2.27. The van der Waals surface area contributed by atoms with Gasteiger partial charge in [-0.25, -0.2) is 0 Å². The van der Waals surface area contributed by atoms with Gasteiger partial charge in [-0.1, -0.05) is 27.7 Å². The van der Waals surface area contributed by atoms with E-state index in [1.807, 2.05) is 13.8 Å². The third kappa shape index (κ3) is 5.28. The Hall–Kier alpha value is -0.120. The monoisotopic (exact) mass is 229 g/mol. The van der Waals surface area contributed by atoms with Crippen LogP contribution in [0, 0.1) is 5.41 Å². The second kappa shape index (κ2) is 8.04. The lowest BCUT2D eigenvalue weighted by Crippen LogP contribution is -2.48. The molecule has 0 aromatic heterocycles. The summed E-state index contributed by atoms with van der Waals surface area (Å²) in [7, 11) is 2.09. The number of hydrogen-bond donors (Lipinski definition) is 2. The van der Waals surface area contributed by atoms with E-state index in [0.29, 0.717) is 12.1 Å². The predicted octanol–water partition coefficient (Wildman–Crippen LogP) is 2.03. The van der Waals surface area contributed by atoms with Crippen LogP contribution in [0.25, 0.3) is 0 Å². The Morgan fingerprint density at radius 3 is 2.38 bits per heavy atom. The standard InChI is InChI=1S/C11H25N3.C2H6/c1-4-13-10-7-11(2,8-10)5-6-14(3)9-12;1-2/h10,13H,4-9,12H2,1-3H3;1-2H3. The van der Waals surface area contributed by atoms with Gasteiger partial charge in [0.05, 0.1) is 0 Å². The smallest absolute Gasteiger partial charge is 0.0452 e. The van der Waals surface area contributed by atoms with E-state index in [2.05, 4.69) is 31.1 Å². The highest BCUT2D eigenvalue weighted by atomic mass is 15.1. The first kappa shape index (κ1) is 15.9. The second-order valence-corrected chi connectivity index (χ2v) is 4.99. The molecule has 3 heteroatoms. The Morgan fingerprint density at radius 2 is 1.94 bits per heavy atom. The zero-order valence-electron chi connectivity index (χ0n) is 11.8. The predicted molar refractivity (Wildman–Crippen MR) is 72.5 cm³/mol.